The number of hydrogen-bond donors (Lipinski definition) is 5. The maximum Gasteiger partial charge on any atom is 0.277 e. The molecule has 2 aromatic carbocycles. The molecule has 5 amide bonds. The molecular formula is C67H111N7O11S. The largest absolute Gasteiger partial charge is 0.494 e. The topological polar surface area (TPSA) is 231 Å². The van der Waals surface area contributed by atoms with Crippen LogP contribution in [0.3, 0.4) is 0 Å². The van der Waals surface area contributed by atoms with Gasteiger partial charge in [0.1, 0.15) is 18.1 Å². The van der Waals surface area contributed by atoms with Crippen LogP contribution in [0.25, 0.3) is 11.5 Å². The van der Waals surface area contributed by atoms with Crippen LogP contribution in [0.5, 0.6) is 11.5 Å². The summed E-state index contributed by atoms with van der Waals surface area (Å²) in [6.45, 7) is 16.7. The maximum absolute atomic E-state index is 13.6. The lowest BCUT2D eigenvalue weighted by Crippen LogP contribution is -2.34. The van der Waals surface area contributed by atoms with E-state index in [2.05, 4.69) is 78.3 Å². The van der Waals surface area contributed by atoms with Gasteiger partial charge in [-0.1, -0.05) is 182 Å². The van der Waals surface area contributed by atoms with Crippen LogP contribution in [0.2, 0.25) is 0 Å². The van der Waals surface area contributed by atoms with E-state index in [1.54, 1.807) is 12.1 Å². The molecule has 0 saturated heterocycles. The number of hydrogen-bond acceptors (Lipinski definition) is 14. The molecule has 2 unspecified atom stereocenters. The molecular weight excluding hydrogens is 1110 g/mol. The SMILES string of the molecule is CCCCCCCCC(CCCCCC)C(=O)NCCOCCNC(=O)c1cc(OCCCC(=O)NCCOCCOc2ccc(-c3nnc(SC(C)C)o3)cc2)cc(C(=O)NCCOCCNC(=O)C(CCCCCC)CCCCCCCC)c1. The molecule has 1 aromatic heterocycles. The fraction of sp³-hybridized carbons (Fsp3) is 0.716. The first kappa shape index (κ1) is 75.0. The quantitative estimate of drug-likeness (QED) is 0.0262. The number of rotatable bonds is 55. The van der Waals surface area contributed by atoms with Gasteiger partial charge in [-0.15, -0.1) is 10.2 Å². The number of aromatic nitrogens is 2. The molecule has 3 rings (SSSR count). The number of thioether (sulfide) groups is 1. The zero-order chi connectivity index (χ0) is 62.1. The molecule has 0 bridgehead atoms. The molecule has 0 spiro atoms. The predicted octanol–water partition coefficient (Wildman–Crippen LogP) is 13.0. The van der Waals surface area contributed by atoms with Crippen LogP contribution in [0.15, 0.2) is 52.1 Å². The molecule has 19 heteroatoms. The Morgan fingerprint density at radius 2 is 0.872 bits per heavy atom. The fourth-order valence-corrected chi connectivity index (χ4v) is 10.4. The molecule has 0 fully saturated rings. The average molecular weight is 1220 g/mol. The van der Waals surface area contributed by atoms with Gasteiger partial charge in [0, 0.05) is 72.9 Å². The molecule has 486 valence electrons. The minimum Gasteiger partial charge on any atom is -0.494 e. The van der Waals surface area contributed by atoms with Crippen LogP contribution >= 0.6 is 11.8 Å². The summed E-state index contributed by atoms with van der Waals surface area (Å²) in [4.78, 5) is 66.2. The van der Waals surface area contributed by atoms with Crippen LogP contribution in [-0.2, 0) is 28.6 Å². The number of amides is 5. The molecule has 86 heavy (non-hydrogen) atoms. The number of carbonyl (C=O) groups excluding carboxylic acids is 5. The number of ether oxygens (including phenoxy) is 5. The van der Waals surface area contributed by atoms with Gasteiger partial charge in [-0.2, -0.15) is 0 Å². The second-order valence-electron chi connectivity index (χ2n) is 22.6. The van der Waals surface area contributed by atoms with Gasteiger partial charge in [-0.3, -0.25) is 24.0 Å². The van der Waals surface area contributed by atoms with E-state index in [0.29, 0.717) is 87.0 Å². The van der Waals surface area contributed by atoms with Crippen molar-refractivity contribution < 1.29 is 52.1 Å². The van der Waals surface area contributed by atoms with E-state index in [1.165, 1.54) is 82.0 Å². The summed E-state index contributed by atoms with van der Waals surface area (Å²) in [6, 6.07) is 12.0. The fourth-order valence-electron chi connectivity index (χ4n) is 9.76. The van der Waals surface area contributed by atoms with Crippen molar-refractivity contribution in [2.24, 2.45) is 11.8 Å². The second kappa shape index (κ2) is 49.7. The normalized spacial score (nSPS) is 12.0. The summed E-state index contributed by atoms with van der Waals surface area (Å²) in [5.74, 6) is 0.661. The highest BCUT2D eigenvalue weighted by molar-refractivity contribution is 7.99. The van der Waals surface area contributed by atoms with Crippen molar-refractivity contribution in [2.75, 3.05) is 85.6 Å². The molecule has 0 saturated carbocycles. The first-order valence-corrected chi connectivity index (χ1v) is 34.0. The van der Waals surface area contributed by atoms with E-state index in [4.69, 9.17) is 28.1 Å². The maximum atomic E-state index is 13.6. The molecule has 1 heterocycles. The van der Waals surface area contributed by atoms with E-state index < -0.39 is 11.8 Å². The van der Waals surface area contributed by atoms with Crippen LogP contribution < -0.4 is 36.1 Å². The number of nitrogens with zero attached hydrogens (tertiary/aromatic N) is 2. The Bertz CT molecular complexity index is 2160. The highest BCUT2D eigenvalue weighted by Crippen LogP contribution is 2.27. The van der Waals surface area contributed by atoms with Crippen molar-refractivity contribution in [3.05, 3.63) is 53.6 Å². The molecule has 18 nitrogen and oxygen atoms in total. The van der Waals surface area contributed by atoms with E-state index in [1.807, 2.05) is 24.3 Å². The van der Waals surface area contributed by atoms with Gasteiger partial charge in [-0.25, -0.2) is 0 Å². The van der Waals surface area contributed by atoms with E-state index in [9.17, 15) is 24.0 Å². The summed E-state index contributed by atoms with van der Waals surface area (Å²) in [5, 5.41) is 23.9. The summed E-state index contributed by atoms with van der Waals surface area (Å²) < 4.78 is 34.8. The van der Waals surface area contributed by atoms with E-state index in [-0.39, 0.29) is 80.0 Å². The first-order valence-electron chi connectivity index (χ1n) is 33.1. The lowest BCUT2D eigenvalue weighted by atomic mass is 9.93. The summed E-state index contributed by atoms with van der Waals surface area (Å²) in [7, 11) is 0. The Morgan fingerprint density at radius 1 is 0.453 bits per heavy atom. The van der Waals surface area contributed by atoms with Crippen LogP contribution in [-0.4, -0.2) is 131 Å². The van der Waals surface area contributed by atoms with Crippen molar-refractivity contribution in [2.45, 2.75) is 219 Å². The van der Waals surface area contributed by atoms with Crippen LogP contribution in [0, 0.1) is 11.8 Å². The molecule has 0 aliphatic rings. The van der Waals surface area contributed by atoms with Crippen LogP contribution in [0.1, 0.15) is 229 Å². The highest BCUT2D eigenvalue weighted by atomic mass is 32.2. The van der Waals surface area contributed by atoms with E-state index in [0.717, 1.165) is 95.5 Å². The monoisotopic (exact) mass is 1220 g/mol. The highest BCUT2D eigenvalue weighted by Gasteiger charge is 2.20. The minimum absolute atomic E-state index is 0.0180. The third kappa shape index (κ3) is 36.2. The average Bonchev–Trinajstić information content (AvgIpc) is 4.16. The Balaban J connectivity index is 1.46. The van der Waals surface area contributed by atoms with Gasteiger partial charge >= 0.3 is 0 Å². The lowest BCUT2D eigenvalue weighted by molar-refractivity contribution is -0.126. The molecule has 0 radical (unpaired) electrons. The zero-order valence-corrected chi connectivity index (χ0v) is 54.5. The van der Waals surface area contributed by atoms with Gasteiger partial charge < -0.3 is 54.7 Å². The predicted molar refractivity (Wildman–Crippen MR) is 344 cm³/mol. The standard InChI is InChI=1S/C67H111N7O11S/c1-7-11-15-19-21-25-30-54(28-23-17-13-9-3)62(76)69-38-44-80-46-40-71-64(78)57-50-58(65(79)72-41-47-81-45-39-70-63(77)55(29-24-18-14-10-4)31-26-22-20-16-12-8-2)52-60(51-57)83-42-27-32-61(75)68-37-43-82-48-49-84-59-35-33-56(34-36-59)66-73-74-67(85-66)86-53(5)6/h33-36,50-55H,7-32,37-49H2,1-6H3,(H,68,75)(H,69,76)(H,70,77)(H,71,78)(H,72,79). The molecule has 2 atom stereocenters. The number of nitrogens with one attached hydrogen (secondary N) is 5. The third-order valence-corrected chi connectivity index (χ3v) is 15.5. The van der Waals surface area contributed by atoms with Gasteiger partial charge in [0.2, 0.25) is 23.6 Å². The Hall–Kier alpha value is -5.24. The number of unbranched alkanes of at least 4 members (excludes halogenated alkanes) is 16. The summed E-state index contributed by atoms with van der Waals surface area (Å²) in [5.41, 5.74) is 1.24. The number of carbonyl (C=O) groups is 5. The van der Waals surface area contributed by atoms with Gasteiger partial charge in [-0.05, 0) is 74.6 Å². The molecule has 0 aliphatic heterocycles. The molecule has 0 aliphatic carbocycles. The molecule has 5 N–H and O–H groups in total. The van der Waals surface area contributed by atoms with Gasteiger partial charge in [0.05, 0.1) is 46.2 Å². The summed E-state index contributed by atoms with van der Waals surface area (Å²) >= 11 is 1.51. The Morgan fingerprint density at radius 3 is 1.35 bits per heavy atom. The van der Waals surface area contributed by atoms with E-state index >= 15 is 0 Å². The zero-order valence-electron chi connectivity index (χ0n) is 53.6. The van der Waals surface area contributed by atoms with Crippen molar-refractivity contribution in [1.29, 1.82) is 0 Å². The van der Waals surface area contributed by atoms with Gasteiger partial charge in [0.15, 0.2) is 0 Å². The second-order valence-corrected chi connectivity index (χ2v) is 24.1. The van der Waals surface area contributed by atoms with Gasteiger partial charge in [0.25, 0.3) is 17.0 Å². The summed E-state index contributed by atoms with van der Waals surface area (Å²) in [6.07, 6.45) is 27.8. The first-order chi connectivity index (χ1) is 42.0. The smallest absolute Gasteiger partial charge is 0.277 e. The number of benzene rings is 2. The Labute approximate surface area is 520 Å². The van der Waals surface area contributed by atoms with Crippen molar-refractivity contribution in [3.8, 4) is 23.0 Å². The minimum atomic E-state index is -0.416. The molecule has 3 aromatic rings. The Kier molecular flexibility index (Phi) is 43.4. The van der Waals surface area contributed by atoms with Crippen molar-refractivity contribution in [1.82, 2.24) is 36.8 Å². The van der Waals surface area contributed by atoms with Crippen molar-refractivity contribution >= 4 is 41.3 Å². The van der Waals surface area contributed by atoms with Crippen molar-refractivity contribution in [3.63, 3.8) is 0 Å². The van der Waals surface area contributed by atoms with Crippen LogP contribution in [0.4, 0.5) is 0 Å². The lowest BCUT2D eigenvalue weighted by Gasteiger charge is -2.17. The third-order valence-electron chi connectivity index (χ3n) is 14.7.